The molecule has 1 saturated heterocycles. The van der Waals surface area contributed by atoms with Crippen LogP contribution in [-0.4, -0.2) is 35.7 Å². The first-order chi connectivity index (χ1) is 6.04. The Bertz CT molecular complexity index is 158. The zero-order chi connectivity index (χ0) is 10.0. The second-order valence-corrected chi connectivity index (χ2v) is 4.50. The molecule has 0 radical (unpaired) electrons. The van der Waals surface area contributed by atoms with Gasteiger partial charge in [0.25, 0.3) is 0 Å². The standard InChI is InChI=1S/C11H23NO/c1-8(2)12-9(3)6-7-13-11(5)10(12)4/h8-11H,6-7H2,1-5H3. The molecular formula is C11H23NO. The highest BCUT2D eigenvalue weighted by Crippen LogP contribution is 2.21. The van der Waals surface area contributed by atoms with Gasteiger partial charge in [-0.1, -0.05) is 0 Å². The largest absolute Gasteiger partial charge is 0.377 e. The molecule has 0 saturated carbocycles. The Balaban J connectivity index is 2.72. The summed E-state index contributed by atoms with van der Waals surface area (Å²) < 4.78 is 5.72. The molecule has 0 N–H and O–H groups in total. The fourth-order valence-electron chi connectivity index (χ4n) is 2.34. The Morgan fingerprint density at radius 3 is 2.38 bits per heavy atom. The Labute approximate surface area is 82.3 Å². The van der Waals surface area contributed by atoms with Crippen molar-refractivity contribution in [3.05, 3.63) is 0 Å². The molecule has 0 bridgehead atoms. The van der Waals surface area contributed by atoms with Crippen molar-refractivity contribution < 1.29 is 4.74 Å². The first-order valence-corrected chi connectivity index (χ1v) is 5.43. The van der Waals surface area contributed by atoms with Crippen LogP contribution < -0.4 is 0 Å². The zero-order valence-corrected chi connectivity index (χ0v) is 9.58. The van der Waals surface area contributed by atoms with Gasteiger partial charge in [0.2, 0.25) is 0 Å². The fourth-order valence-corrected chi connectivity index (χ4v) is 2.34. The number of ether oxygens (including phenoxy) is 1. The maximum Gasteiger partial charge on any atom is 0.0699 e. The third-order valence-electron chi connectivity index (χ3n) is 3.17. The highest BCUT2D eigenvalue weighted by atomic mass is 16.5. The topological polar surface area (TPSA) is 12.5 Å². The average Bonchev–Trinajstić information content (AvgIpc) is 2.13. The van der Waals surface area contributed by atoms with Gasteiger partial charge < -0.3 is 4.74 Å². The van der Waals surface area contributed by atoms with Crippen LogP contribution in [0.4, 0.5) is 0 Å². The van der Waals surface area contributed by atoms with Crippen LogP contribution in [0.2, 0.25) is 0 Å². The molecule has 1 aliphatic heterocycles. The molecule has 1 aliphatic rings. The van der Waals surface area contributed by atoms with E-state index in [1.165, 1.54) is 0 Å². The summed E-state index contributed by atoms with van der Waals surface area (Å²) in [6.45, 7) is 12.2. The summed E-state index contributed by atoms with van der Waals surface area (Å²) in [7, 11) is 0. The zero-order valence-electron chi connectivity index (χ0n) is 9.58. The van der Waals surface area contributed by atoms with Gasteiger partial charge in [-0.2, -0.15) is 0 Å². The van der Waals surface area contributed by atoms with E-state index in [1.807, 2.05) is 0 Å². The Morgan fingerprint density at radius 1 is 1.23 bits per heavy atom. The van der Waals surface area contributed by atoms with E-state index in [0.29, 0.717) is 24.2 Å². The minimum atomic E-state index is 0.368. The first-order valence-electron chi connectivity index (χ1n) is 5.43. The van der Waals surface area contributed by atoms with Crippen molar-refractivity contribution >= 4 is 0 Å². The highest BCUT2D eigenvalue weighted by Gasteiger charge is 2.29. The molecule has 0 aromatic heterocycles. The van der Waals surface area contributed by atoms with Gasteiger partial charge in [0.05, 0.1) is 6.10 Å². The van der Waals surface area contributed by atoms with Crippen LogP contribution in [0, 0.1) is 0 Å². The SMILES string of the molecule is CC1OCCC(C)N(C(C)C)C1C. The van der Waals surface area contributed by atoms with E-state index in [4.69, 9.17) is 4.74 Å². The van der Waals surface area contributed by atoms with E-state index < -0.39 is 0 Å². The Hall–Kier alpha value is -0.0800. The third kappa shape index (κ3) is 2.44. The summed E-state index contributed by atoms with van der Waals surface area (Å²) in [5.74, 6) is 0. The summed E-state index contributed by atoms with van der Waals surface area (Å²) in [5.41, 5.74) is 0. The van der Waals surface area contributed by atoms with E-state index in [9.17, 15) is 0 Å². The van der Waals surface area contributed by atoms with Crippen molar-refractivity contribution in [3.63, 3.8) is 0 Å². The molecule has 3 unspecified atom stereocenters. The second kappa shape index (κ2) is 4.43. The van der Waals surface area contributed by atoms with Gasteiger partial charge in [-0.15, -0.1) is 0 Å². The Morgan fingerprint density at radius 2 is 1.85 bits per heavy atom. The van der Waals surface area contributed by atoms with E-state index in [-0.39, 0.29) is 0 Å². The van der Waals surface area contributed by atoms with Gasteiger partial charge in [0, 0.05) is 24.7 Å². The smallest absolute Gasteiger partial charge is 0.0699 e. The second-order valence-electron chi connectivity index (χ2n) is 4.50. The summed E-state index contributed by atoms with van der Waals surface area (Å²) in [4.78, 5) is 2.57. The lowest BCUT2D eigenvalue weighted by Gasteiger charge is -2.37. The maximum atomic E-state index is 5.72. The number of hydrogen-bond acceptors (Lipinski definition) is 2. The van der Waals surface area contributed by atoms with Crippen molar-refractivity contribution in [2.45, 2.75) is 65.3 Å². The van der Waals surface area contributed by atoms with Gasteiger partial charge in [-0.25, -0.2) is 0 Å². The fraction of sp³-hybridized carbons (Fsp3) is 1.00. The molecule has 1 rings (SSSR count). The van der Waals surface area contributed by atoms with E-state index in [1.54, 1.807) is 0 Å². The van der Waals surface area contributed by atoms with Gasteiger partial charge in [0.1, 0.15) is 0 Å². The lowest BCUT2D eigenvalue weighted by atomic mass is 10.1. The molecule has 1 heterocycles. The lowest BCUT2D eigenvalue weighted by Crippen LogP contribution is -2.47. The van der Waals surface area contributed by atoms with Crippen LogP contribution in [0.3, 0.4) is 0 Å². The average molecular weight is 185 g/mol. The molecule has 0 amide bonds. The number of hydrogen-bond donors (Lipinski definition) is 0. The molecule has 0 spiro atoms. The normalized spacial score (nSPS) is 37.8. The minimum absolute atomic E-state index is 0.368. The molecular weight excluding hydrogens is 162 g/mol. The van der Waals surface area contributed by atoms with E-state index in [2.05, 4.69) is 39.5 Å². The predicted molar refractivity (Wildman–Crippen MR) is 55.9 cm³/mol. The molecule has 3 atom stereocenters. The summed E-state index contributed by atoms with van der Waals surface area (Å²) in [6.07, 6.45) is 1.53. The van der Waals surface area contributed by atoms with Crippen LogP contribution in [0.15, 0.2) is 0 Å². The van der Waals surface area contributed by atoms with Gasteiger partial charge in [-0.05, 0) is 41.0 Å². The van der Waals surface area contributed by atoms with Crippen LogP contribution in [-0.2, 0) is 4.74 Å². The summed E-state index contributed by atoms with van der Waals surface area (Å²) in [6, 6.07) is 1.81. The molecule has 2 heteroatoms. The van der Waals surface area contributed by atoms with Crippen LogP contribution in [0.25, 0.3) is 0 Å². The molecule has 13 heavy (non-hydrogen) atoms. The maximum absolute atomic E-state index is 5.72. The van der Waals surface area contributed by atoms with Gasteiger partial charge in [0.15, 0.2) is 0 Å². The number of nitrogens with zero attached hydrogens (tertiary/aromatic N) is 1. The molecule has 78 valence electrons. The van der Waals surface area contributed by atoms with Crippen molar-refractivity contribution in [3.8, 4) is 0 Å². The summed E-state index contributed by atoms with van der Waals surface area (Å²) in [5, 5.41) is 0. The Kier molecular flexibility index (Phi) is 3.74. The van der Waals surface area contributed by atoms with Crippen LogP contribution >= 0.6 is 0 Å². The van der Waals surface area contributed by atoms with Crippen molar-refractivity contribution in [1.82, 2.24) is 4.90 Å². The molecule has 2 nitrogen and oxygen atoms in total. The van der Waals surface area contributed by atoms with Crippen molar-refractivity contribution in [1.29, 1.82) is 0 Å². The van der Waals surface area contributed by atoms with Gasteiger partial charge in [-0.3, -0.25) is 4.90 Å². The van der Waals surface area contributed by atoms with E-state index in [0.717, 1.165) is 13.0 Å². The van der Waals surface area contributed by atoms with E-state index >= 15 is 0 Å². The molecule has 1 fully saturated rings. The molecule has 0 aromatic rings. The number of rotatable bonds is 1. The minimum Gasteiger partial charge on any atom is -0.377 e. The summed E-state index contributed by atoms with van der Waals surface area (Å²) >= 11 is 0. The third-order valence-corrected chi connectivity index (χ3v) is 3.17. The van der Waals surface area contributed by atoms with Gasteiger partial charge >= 0.3 is 0 Å². The van der Waals surface area contributed by atoms with Crippen molar-refractivity contribution in [2.24, 2.45) is 0 Å². The van der Waals surface area contributed by atoms with Crippen LogP contribution in [0.1, 0.15) is 41.0 Å². The molecule has 0 aromatic carbocycles. The van der Waals surface area contributed by atoms with Crippen LogP contribution in [0.5, 0.6) is 0 Å². The first kappa shape index (κ1) is 11.0. The quantitative estimate of drug-likeness (QED) is 0.621. The van der Waals surface area contributed by atoms with Crippen molar-refractivity contribution in [2.75, 3.05) is 6.61 Å². The molecule has 0 aliphatic carbocycles. The lowest BCUT2D eigenvalue weighted by molar-refractivity contribution is 0.0208. The monoisotopic (exact) mass is 185 g/mol. The predicted octanol–water partition coefficient (Wildman–Crippen LogP) is 2.28. The highest BCUT2D eigenvalue weighted by molar-refractivity contribution is 4.83.